The van der Waals surface area contributed by atoms with Crippen molar-refractivity contribution < 1.29 is 23.8 Å². The van der Waals surface area contributed by atoms with Crippen molar-refractivity contribution in [2.75, 3.05) is 20.8 Å². The Labute approximate surface area is 128 Å². The molecule has 0 fully saturated rings. The molecular weight excluding hydrogens is 284 g/mol. The van der Waals surface area contributed by atoms with Crippen LogP contribution in [0.25, 0.3) is 0 Å². The van der Waals surface area contributed by atoms with Gasteiger partial charge in [0.1, 0.15) is 12.0 Å². The summed E-state index contributed by atoms with van der Waals surface area (Å²) in [7, 11) is 3.04. The van der Waals surface area contributed by atoms with E-state index in [0.717, 1.165) is 6.29 Å². The van der Waals surface area contributed by atoms with Gasteiger partial charge in [-0.1, -0.05) is 0 Å². The van der Waals surface area contributed by atoms with Crippen LogP contribution in [0.1, 0.15) is 20.7 Å². The summed E-state index contributed by atoms with van der Waals surface area (Å²) in [4.78, 5) is 22.7. The molecule has 0 aliphatic carbocycles. The number of ketones is 1. The van der Waals surface area contributed by atoms with E-state index in [1.165, 1.54) is 14.2 Å². The molecule has 22 heavy (non-hydrogen) atoms. The molecule has 5 heteroatoms. The Morgan fingerprint density at radius 2 is 1.68 bits per heavy atom. The van der Waals surface area contributed by atoms with Gasteiger partial charge in [-0.2, -0.15) is 0 Å². The van der Waals surface area contributed by atoms with Crippen molar-refractivity contribution in [3.8, 4) is 17.2 Å². The van der Waals surface area contributed by atoms with Crippen molar-refractivity contribution in [3.05, 3.63) is 53.6 Å². The first kappa shape index (κ1) is 15.6. The van der Waals surface area contributed by atoms with Gasteiger partial charge in [0.2, 0.25) is 0 Å². The van der Waals surface area contributed by atoms with Crippen LogP contribution in [0.4, 0.5) is 0 Å². The van der Waals surface area contributed by atoms with Crippen molar-refractivity contribution in [1.29, 1.82) is 0 Å². The predicted octanol–water partition coefficient (Wildman–Crippen LogP) is 2.78. The molecule has 0 bridgehead atoms. The van der Waals surface area contributed by atoms with Gasteiger partial charge in [-0.05, 0) is 42.5 Å². The molecule has 0 aromatic heterocycles. The van der Waals surface area contributed by atoms with E-state index >= 15 is 0 Å². The molecule has 0 N–H and O–H groups in total. The molecule has 0 heterocycles. The monoisotopic (exact) mass is 300 g/mol. The molecule has 0 unspecified atom stereocenters. The van der Waals surface area contributed by atoms with Crippen LogP contribution in [0.2, 0.25) is 0 Å². The number of benzene rings is 2. The van der Waals surface area contributed by atoms with Crippen LogP contribution >= 0.6 is 0 Å². The van der Waals surface area contributed by atoms with Crippen molar-refractivity contribution in [1.82, 2.24) is 0 Å². The Hall–Kier alpha value is -2.82. The number of carbonyl (C=O) groups excluding carboxylic acids is 2. The van der Waals surface area contributed by atoms with Crippen LogP contribution in [0, 0.1) is 0 Å². The zero-order valence-electron chi connectivity index (χ0n) is 12.4. The third-order valence-corrected chi connectivity index (χ3v) is 3.09. The van der Waals surface area contributed by atoms with Crippen molar-refractivity contribution >= 4 is 12.1 Å². The summed E-state index contributed by atoms with van der Waals surface area (Å²) in [6.45, 7) is -0.101. The first-order valence-corrected chi connectivity index (χ1v) is 6.61. The third-order valence-electron chi connectivity index (χ3n) is 3.09. The molecule has 0 atom stereocenters. The number of carbonyl (C=O) groups is 2. The Morgan fingerprint density at radius 1 is 1.00 bits per heavy atom. The number of methoxy groups -OCH3 is 2. The lowest BCUT2D eigenvalue weighted by atomic mass is 10.1. The summed E-state index contributed by atoms with van der Waals surface area (Å²) in [6.07, 6.45) is 0.749. The number of rotatable bonds is 7. The highest BCUT2D eigenvalue weighted by Gasteiger charge is 2.11. The number of hydrogen-bond donors (Lipinski definition) is 0. The molecule has 0 amide bonds. The molecule has 114 valence electrons. The van der Waals surface area contributed by atoms with E-state index < -0.39 is 0 Å². The van der Waals surface area contributed by atoms with E-state index in [2.05, 4.69) is 0 Å². The predicted molar refractivity (Wildman–Crippen MR) is 81.2 cm³/mol. The van der Waals surface area contributed by atoms with E-state index in [4.69, 9.17) is 14.2 Å². The fourth-order valence-electron chi connectivity index (χ4n) is 1.88. The molecule has 0 saturated carbocycles. The highest BCUT2D eigenvalue weighted by Crippen LogP contribution is 2.27. The van der Waals surface area contributed by atoms with Crippen molar-refractivity contribution in [2.24, 2.45) is 0 Å². The quantitative estimate of drug-likeness (QED) is 0.581. The largest absolute Gasteiger partial charge is 0.493 e. The first-order valence-electron chi connectivity index (χ1n) is 6.61. The van der Waals surface area contributed by atoms with Crippen molar-refractivity contribution in [2.45, 2.75) is 0 Å². The molecular formula is C17H16O5. The Morgan fingerprint density at radius 3 is 2.27 bits per heavy atom. The second-order valence-electron chi connectivity index (χ2n) is 4.47. The molecule has 0 saturated heterocycles. The lowest BCUT2D eigenvalue weighted by Crippen LogP contribution is -2.11. The zero-order chi connectivity index (χ0) is 15.9. The molecule has 0 spiro atoms. The maximum atomic E-state index is 12.1. The van der Waals surface area contributed by atoms with Crippen LogP contribution in [0.15, 0.2) is 42.5 Å². The second kappa shape index (κ2) is 7.26. The van der Waals surface area contributed by atoms with E-state index in [0.29, 0.717) is 28.4 Å². The molecule has 0 aliphatic rings. The van der Waals surface area contributed by atoms with Crippen LogP contribution in [-0.2, 0) is 0 Å². The van der Waals surface area contributed by atoms with Gasteiger partial charge in [0.25, 0.3) is 0 Å². The fraction of sp³-hybridized carbons (Fsp3) is 0.176. The third kappa shape index (κ3) is 3.63. The SMILES string of the molecule is COc1ccc(C(=O)COc2ccc(C=O)cc2)cc1OC. The summed E-state index contributed by atoms with van der Waals surface area (Å²) in [5, 5.41) is 0. The van der Waals surface area contributed by atoms with Gasteiger partial charge in [-0.25, -0.2) is 0 Å². The average molecular weight is 300 g/mol. The van der Waals surface area contributed by atoms with Gasteiger partial charge in [0.05, 0.1) is 14.2 Å². The summed E-state index contributed by atoms with van der Waals surface area (Å²) in [6, 6.07) is 11.5. The molecule has 2 aromatic rings. The summed E-state index contributed by atoms with van der Waals surface area (Å²) >= 11 is 0. The minimum absolute atomic E-state index is 0.101. The van der Waals surface area contributed by atoms with E-state index in [1.54, 1.807) is 42.5 Å². The summed E-state index contributed by atoms with van der Waals surface area (Å²) < 4.78 is 15.7. The van der Waals surface area contributed by atoms with Crippen LogP contribution in [-0.4, -0.2) is 32.9 Å². The number of ether oxygens (including phenoxy) is 3. The smallest absolute Gasteiger partial charge is 0.200 e. The maximum Gasteiger partial charge on any atom is 0.200 e. The van der Waals surface area contributed by atoms with Crippen molar-refractivity contribution in [3.63, 3.8) is 0 Å². The lowest BCUT2D eigenvalue weighted by Gasteiger charge is -2.10. The van der Waals surface area contributed by atoms with E-state index in [-0.39, 0.29) is 12.4 Å². The minimum atomic E-state index is -0.180. The van der Waals surface area contributed by atoms with Crippen LogP contribution in [0.5, 0.6) is 17.2 Å². The van der Waals surface area contributed by atoms with Gasteiger partial charge in [-0.15, -0.1) is 0 Å². The molecule has 5 nitrogen and oxygen atoms in total. The highest BCUT2D eigenvalue weighted by molar-refractivity contribution is 5.97. The number of aldehydes is 1. The second-order valence-corrected chi connectivity index (χ2v) is 4.47. The molecule has 0 radical (unpaired) electrons. The Balaban J connectivity index is 2.03. The van der Waals surface area contributed by atoms with E-state index in [1.807, 2.05) is 0 Å². The van der Waals surface area contributed by atoms with Gasteiger partial charge in [0.15, 0.2) is 23.9 Å². The maximum absolute atomic E-state index is 12.1. The number of Topliss-reactive ketones (excluding diaryl/α,β-unsaturated/α-hetero) is 1. The van der Waals surface area contributed by atoms with Gasteiger partial charge in [-0.3, -0.25) is 9.59 Å². The van der Waals surface area contributed by atoms with E-state index in [9.17, 15) is 9.59 Å². The molecule has 0 aliphatic heterocycles. The summed E-state index contributed by atoms with van der Waals surface area (Å²) in [5.74, 6) is 1.40. The standard InChI is InChI=1S/C17H16O5/c1-20-16-8-5-13(9-17(16)21-2)15(19)11-22-14-6-3-12(10-18)4-7-14/h3-10H,11H2,1-2H3. The first-order chi connectivity index (χ1) is 10.7. The number of hydrogen-bond acceptors (Lipinski definition) is 5. The molecule has 2 aromatic carbocycles. The van der Waals surface area contributed by atoms with Gasteiger partial charge < -0.3 is 14.2 Å². The topological polar surface area (TPSA) is 61.8 Å². The minimum Gasteiger partial charge on any atom is -0.493 e. The van der Waals surface area contributed by atoms with Crippen LogP contribution < -0.4 is 14.2 Å². The lowest BCUT2D eigenvalue weighted by molar-refractivity contribution is 0.0920. The Bertz CT molecular complexity index is 661. The Kier molecular flexibility index (Phi) is 5.14. The van der Waals surface area contributed by atoms with Gasteiger partial charge >= 0.3 is 0 Å². The highest BCUT2D eigenvalue weighted by atomic mass is 16.5. The zero-order valence-corrected chi connectivity index (χ0v) is 12.4. The molecule has 2 rings (SSSR count). The average Bonchev–Trinajstić information content (AvgIpc) is 2.59. The van der Waals surface area contributed by atoms with Crippen LogP contribution in [0.3, 0.4) is 0 Å². The van der Waals surface area contributed by atoms with Gasteiger partial charge in [0, 0.05) is 11.1 Å². The fourth-order valence-corrected chi connectivity index (χ4v) is 1.88. The normalized spacial score (nSPS) is 9.91. The summed E-state index contributed by atoms with van der Waals surface area (Å²) in [5.41, 5.74) is 1.03.